The third-order valence-corrected chi connectivity index (χ3v) is 2.91. The van der Waals surface area contributed by atoms with E-state index in [1.165, 1.54) is 0 Å². The second kappa shape index (κ2) is 2.61. The molecule has 0 amide bonds. The predicted molar refractivity (Wildman–Crippen MR) is 50.2 cm³/mol. The Kier molecular flexibility index (Phi) is 1.67. The number of benzene rings is 1. The maximum absolute atomic E-state index is 11.1. The zero-order valence-electron chi connectivity index (χ0n) is 6.74. The monoisotopic (exact) mass is 199 g/mol. The van der Waals surface area contributed by atoms with Gasteiger partial charge in [0.15, 0.2) is 0 Å². The molecule has 5 nitrogen and oxygen atoms in total. The second-order valence-corrected chi connectivity index (χ2v) is 4.30. The van der Waals surface area contributed by atoms with E-state index in [1.807, 2.05) is 0 Å². The van der Waals surface area contributed by atoms with Gasteiger partial charge in [-0.25, -0.2) is 0 Å². The van der Waals surface area contributed by atoms with Gasteiger partial charge in [-0.2, -0.15) is 13.1 Å². The topological polar surface area (TPSA) is 84.2 Å². The van der Waals surface area contributed by atoms with E-state index in [-0.39, 0.29) is 6.54 Å². The van der Waals surface area contributed by atoms with Crippen molar-refractivity contribution in [2.45, 2.75) is 6.54 Å². The molecule has 0 saturated heterocycles. The fourth-order valence-electron chi connectivity index (χ4n) is 1.25. The minimum Gasteiger partial charge on any atom is -0.398 e. The molecule has 0 atom stereocenters. The molecular formula is C7H9N3O2S. The van der Waals surface area contributed by atoms with Gasteiger partial charge in [0.2, 0.25) is 0 Å². The van der Waals surface area contributed by atoms with Gasteiger partial charge in [0.25, 0.3) is 10.2 Å². The summed E-state index contributed by atoms with van der Waals surface area (Å²) in [5.74, 6) is 0. The highest BCUT2D eigenvalue weighted by atomic mass is 32.2. The van der Waals surface area contributed by atoms with E-state index in [0.717, 1.165) is 5.56 Å². The molecule has 4 N–H and O–H groups in total. The van der Waals surface area contributed by atoms with Crippen molar-refractivity contribution in [1.29, 1.82) is 0 Å². The standard InChI is InChI=1S/C7H9N3O2S/c8-6-2-1-3-7-5(6)4-9-13(11,12)10-7/h1-3,9-10H,4,8H2. The SMILES string of the molecule is Nc1cccc2c1CNS(=O)(=O)N2. The van der Waals surface area contributed by atoms with Crippen molar-refractivity contribution in [2.24, 2.45) is 0 Å². The van der Waals surface area contributed by atoms with Gasteiger partial charge >= 0.3 is 0 Å². The first-order valence-corrected chi connectivity index (χ1v) is 5.21. The number of nitrogens with two attached hydrogens (primary N) is 1. The maximum atomic E-state index is 11.1. The fourth-order valence-corrected chi connectivity index (χ4v) is 2.13. The molecule has 0 radical (unpaired) electrons. The highest BCUT2D eigenvalue weighted by Crippen LogP contribution is 2.25. The summed E-state index contributed by atoms with van der Waals surface area (Å²) < 4.78 is 26.8. The summed E-state index contributed by atoms with van der Waals surface area (Å²) in [4.78, 5) is 0. The number of hydrogen-bond donors (Lipinski definition) is 3. The molecular weight excluding hydrogens is 190 g/mol. The molecule has 1 aromatic rings. The van der Waals surface area contributed by atoms with Gasteiger partial charge in [-0.15, -0.1) is 0 Å². The Balaban J connectivity index is 2.54. The van der Waals surface area contributed by atoms with Crippen molar-refractivity contribution in [3.05, 3.63) is 23.8 Å². The van der Waals surface area contributed by atoms with E-state index >= 15 is 0 Å². The summed E-state index contributed by atoms with van der Waals surface area (Å²) in [5.41, 5.74) is 7.59. The Morgan fingerprint density at radius 2 is 2.15 bits per heavy atom. The number of nitrogen functional groups attached to an aromatic ring is 1. The van der Waals surface area contributed by atoms with Crippen molar-refractivity contribution >= 4 is 21.6 Å². The smallest absolute Gasteiger partial charge is 0.299 e. The van der Waals surface area contributed by atoms with Crippen molar-refractivity contribution in [3.8, 4) is 0 Å². The summed E-state index contributed by atoms with van der Waals surface area (Å²) in [6.07, 6.45) is 0. The van der Waals surface area contributed by atoms with Gasteiger partial charge in [0.1, 0.15) is 0 Å². The Labute approximate surface area is 76.1 Å². The first-order chi connectivity index (χ1) is 6.08. The number of fused-ring (bicyclic) bond motifs is 1. The number of hydrogen-bond acceptors (Lipinski definition) is 3. The highest BCUT2D eigenvalue weighted by Gasteiger charge is 2.19. The first-order valence-electron chi connectivity index (χ1n) is 3.73. The van der Waals surface area contributed by atoms with Crippen LogP contribution in [-0.2, 0) is 16.8 Å². The Bertz CT molecular complexity index is 441. The van der Waals surface area contributed by atoms with Crippen LogP contribution in [0.4, 0.5) is 11.4 Å². The molecule has 6 heteroatoms. The molecule has 0 aromatic heterocycles. The molecule has 1 heterocycles. The lowest BCUT2D eigenvalue weighted by Crippen LogP contribution is -2.34. The van der Waals surface area contributed by atoms with Gasteiger partial charge in [0.05, 0.1) is 5.69 Å². The zero-order valence-corrected chi connectivity index (χ0v) is 7.56. The van der Waals surface area contributed by atoms with Gasteiger partial charge < -0.3 is 5.73 Å². The van der Waals surface area contributed by atoms with Crippen LogP contribution in [0.2, 0.25) is 0 Å². The molecule has 0 saturated carbocycles. The zero-order chi connectivity index (χ0) is 9.47. The number of anilines is 2. The molecule has 0 aliphatic carbocycles. The molecule has 0 spiro atoms. The van der Waals surface area contributed by atoms with Crippen LogP contribution in [0.15, 0.2) is 18.2 Å². The predicted octanol–water partition coefficient (Wildman–Crippen LogP) is 0.0287. The lowest BCUT2D eigenvalue weighted by atomic mass is 10.1. The van der Waals surface area contributed by atoms with Crippen molar-refractivity contribution in [2.75, 3.05) is 10.5 Å². The molecule has 2 rings (SSSR count). The summed E-state index contributed by atoms with van der Waals surface area (Å²) in [6.45, 7) is 0.247. The number of nitrogens with one attached hydrogen (secondary N) is 2. The fraction of sp³-hybridized carbons (Fsp3) is 0.143. The van der Waals surface area contributed by atoms with E-state index < -0.39 is 10.2 Å². The largest absolute Gasteiger partial charge is 0.398 e. The minimum absolute atomic E-state index is 0.247. The molecule has 0 unspecified atom stereocenters. The van der Waals surface area contributed by atoms with E-state index in [4.69, 9.17) is 5.73 Å². The molecule has 1 aliphatic heterocycles. The van der Waals surface area contributed by atoms with Crippen molar-refractivity contribution in [3.63, 3.8) is 0 Å². The molecule has 0 bridgehead atoms. The second-order valence-electron chi connectivity index (χ2n) is 2.80. The average molecular weight is 199 g/mol. The van der Waals surface area contributed by atoms with Crippen LogP contribution in [0.25, 0.3) is 0 Å². The van der Waals surface area contributed by atoms with Crippen LogP contribution in [0.3, 0.4) is 0 Å². The quantitative estimate of drug-likeness (QED) is 0.515. The lowest BCUT2D eigenvalue weighted by Gasteiger charge is -2.20. The Morgan fingerprint density at radius 3 is 2.92 bits per heavy atom. The van der Waals surface area contributed by atoms with E-state index in [2.05, 4.69) is 9.44 Å². The van der Waals surface area contributed by atoms with E-state index in [1.54, 1.807) is 18.2 Å². The highest BCUT2D eigenvalue weighted by molar-refractivity contribution is 7.90. The van der Waals surface area contributed by atoms with Crippen LogP contribution < -0.4 is 15.2 Å². The molecule has 13 heavy (non-hydrogen) atoms. The molecule has 0 fully saturated rings. The van der Waals surface area contributed by atoms with Crippen molar-refractivity contribution < 1.29 is 8.42 Å². The average Bonchev–Trinajstić information content (AvgIpc) is 2.02. The Hall–Kier alpha value is -1.27. The van der Waals surface area contributed by atoms with Crippen LogP contribution in [0.1, 0.15) is 5.56 Å². The first kappa shape index (κ1) is 8.33. The van der Waals surface area contributed by atoms with E-state index in [0.29, 0.717) is 11.4 Å². The van der Waals surface area contributed by atoms with Crippen LogP contribution >= 0.6 is 0 Å². The molecule has 70 valence electrons. The number of rotatable bonds is 0. The van der Waals surface area contributed by atoms with Crippen LogP contribution in [-0.4, -0.2) is 8.42 Å². The summed E-state index contributed by atoms with van der Waals surface area (Å²) in [7, 11) is -3.37. The van der Waals surface area contributed by atoms with Gasteiger partial charge in [-0.05, 0) is 12.1 Å². The van der Waals surface area contributed by atoms with Crippen LogP contribution in [0, 0.1) is 0 Å². The van der Waals surface area contributed by atoms with E-state index in [9.17, 15) is 8.42 Å². The van der Waals surface area contributed by atoms with Gasteiger partial charge in [-0.3, -0.25) is 4.72 Å². The van der Waals surface area contributed by atoms with Gasteiger partial charge in [0, 0.05) is 17.8 Å². The molecule has 1 aromatic carbocycles. The third-order valence-electron chi connectivity index (χ3n) is 1.90. The lowest BCUT2D eigenvalue weighted by molar-refractivity contribution is 0.584. The van der Waals surface area contributed by atoms with Crippen molar-refractivity contribution in [1.82, 2.24) is 4.72 Å². The summed E-state index contributed by atoms with van der Waals surface area (Å²) in [5, 5.41) is 0. The Morgan fingerprint density at radius 1 is 1.38 bits per heavy atom. The maximum Gasteiger partial charge on any atom is 0.299 e. The summed E-state index contributed by atoms with van der Waals surface area (Å²) in [6, 6.07) is 5.13. The van der Waals surface area contributed by atoms with Gasteiger partial charge in [-0.1, -0.05) is 6.07 Å². The summed E-state index contributed by atoms with van der Waals surface area (Å²) >= 11 is 0. The minimum atomic E-state index is -3.37. The third kappa shape index (κ3) is 1.45. The van der Waals surface area contributed by atoms with Crippen LogP contribution in [0.5, 0.6) is 0 Å². The molecule has 1 aliphatic rings. The normalized spacial score (nSPS) is 18.8.